The summed E-state index contributed by atoms with van der Waals surface area (Å²) in [6.07, 6.45) is 12.8. The van der Waals surface area contributed by atoms with E-state index in [1.54, 1.807) is 31.0 Å². The van der Waals surface area contributed by atoms with Gasteiger partial charge in [0.25, 0.3) is 0 Å². The topological polar surface area (TPSA) is 76.8 Å². The van der Waals surface area contributed by atoms with E-state index in [4.69, 9.17) is 15.0 Å². The minimum absolute atomic E-state index is 0.590. The Hall–Kier alpha value is -5.88. The van der Waals surface area contributed by atoms with Gasteiger partial charge in [0.15, 0.2) is 17.5 Å². The van der Waals surface area contributed by atoms with Crippen LogP contribution in [-0.4, -0.2) is 31.6 Å². The second-order valence-electron chi connectivity index (χ2n) is 9.76. The van der Waals surface area contributed by atoms with Crippen molar-refractivity contribution in [2.24, 2.45) is 4.99 Å². The highest BCUT2D eigenvalue weighted by Gasteiger charge is 2.14. The number of aliphatic imine (C=N–C) groups is 1. The smallest absolute Gasteiger partial charge is 0.164 e. The summed E-state index contributed by atoms with van der Waals surface area (Å²) in [7, 11) is 0. The molecule has 3 aromatic carbocycles. The molecule has 6 aromatic rings. The van der Waals surface area contributed by atoms with Gasteiger partial charge in [-0.2, -0.15) is 0 Å². The molecule has 0 saturated heterocycles. The van der Waals surface area contributed by atoms with Gasteiger partial charge in [0.05, 0.1) is 0 Å². The average Bonchev–Trinajstić information content (AvgIpc) is 3.09. The first-order chi connectivity index (χ1) is 21.2. The van der Waals surface area contributed by atoms with Gasteiger partial charge in [-0.3, -0.25) is 15.0 Å². The molecule has 6 rings (SSSR count). The molecule has 206 valence electrons. The third-order valence-corrected chi connectivity index (χ3v) is 7.03. The molecule has 0 fully saturated rings. The second-order valence-corrected chi connectivity index (χ2v) is 9.76. The number of pyridine rings is 2. The van der Waals surface area contributed by atoms with Crippen LogP contribution in [-0.2, 0) is 0 Å². The molecule has 0 spiro atoms. The monoisotopic (exact) mass is 556 g/mol. The molecule has 0 N–H and O–H groups in total. The van der Waals surface area contributed by atoms with Gasteiger partial charge in [0.2, 0.25) is 0 Å². The van der Waals surface area contributed by atoms with E-state index in [1.165, 1.54) is 0 Å². The third-order valence-electron chi connectivity index (χ3n) is 7.03. The molecule has 0 bridgehead atoms. The van der Waals surface area contributed by atoms with Crippen LogP contribution in [0.5, 0.6) is 0 Å². The Morgan fingerprint density at radius 2 is 1.00 bits per heavy atom. The van der Waals surface area contributed by atoms with Gasteiger partial charge in [-0.25, -0.2) is 15.0 Å². The Bertz CT molecular complexity index is 1840. The summed E-state index contributed by atoms with van der Waals surface area (Å²) in [4.78, 5) is 27.2. The Morgan fingerprint density at radius 1 is 0.558 bits per heavy atom. The van der Waals surface area contributed by atoms with Gasteiger partial charge < -0.3 is 0 Å². The predicted molar refractivity (Wildman–Crippen MR) is 175 cm³/mol. The van der Waals surface area contributed by atoms with E-state index in [0.29, 0.717) is 17.5 Å². The molecule has 0 unspecified atom stereocenters. The molecule has 0 aliphatic rings. The minimum Gasteiger partial charge on any atom is -0.272 e. The van der Waals surface area contributed by atoms with Crippen LogP contribution in [0.4, 0.5) is 0 Å². The van der Waals surface area contributed by atoms with Crippen molar-refractivity contribution in [3.63, 3.8) is 0 Å². The number of allylic oxidation sites excluding steroid dienone is 3. The van der Waals surface area contributed by atoms with Crippen LogP contribution in [0.25, 0.3) is 62.0 Å². The van der Waals surface area contributed by atoms with E-state index in [1.807, 2.05) is 79.7 Å². The van der Waals surface area contributed by atoms with Crippen LogP contribution in [0.15, 0.2) is 145 Å². The van der Waals surface area contributed by atoms with Crippen LogP contribution in [0, 0.1) is 0 Å². The Balaban J connectivity index is 1.50. The largest absolute Gasteiger partial charge is 0.272 e. The molecule has 3 aromatic heterocycles. The molecule has 0 saturated carbocycles. The van der Waals surface area contributed by atoms with Gasteiger partial charge >= 0.3 is 0 Å². The summed E-state index contributed by atoms with van der Waals surface area (Å²) in [6, 6.07) is 32.6. The Kier molecular flexibility index (Phi) is 8.09. The maximum absolute atomic E-state index is 4.99. The van der Waals surface area contributed by atoms with Gasteiger partial charge in [-0.1, -0.05) is 60.7 Å². The van der Waals surface area contributed by atoms with Crippen molar-refractivity contribution in [2.45, 2.75) is 6.92 Å². The van der Waals surface area contributed by atoms with Crippen LogP contribution in [0.1, 0.15) is 12.5 Å². The van der Waals surface area contributed by atoms with Crippen molar-refractivity contribution in [3.05, 3.63) is 146 Å². The van der Waals surface area contributed by atoms with E-state index >= 15 is 0 Å². The summed E-state index contributed by atoms with van der Waals surface area (Å²) in [5.41, 5.74) is 9.01. The maximum Gasteiger partial charge on any atom is 0.164 e. The number of nitrogens with zero attached hydrogens (tertiary/aromatic N) is 6. The van der Waals surface area contributed by atoms with E-state index in [-0.39, 0.29) is 0 Å². The van der Waals surface area contributed by atoms with Gasteiger partial charge in [0.1, 0.15) is 0 Å². The molecule has 43 heavy (non-hydrogen) atoms. The zero-order valence-corrected chi connectivity index (χ0v) is 23.7. The van der Waals surface area contributed by atoms with Crippen molar-refractivity contribution in [1.82, 2.24) is 24.9 Å². The maximum atomic E-state index is 4.99. The van der Waals surface area contributed by atoms with Crippen molar-refractivity contribution in [3.8, 4) is 56.4 Å². The van der Waals surface area contributed by atoms with Crippen molar-refractivity contribution >= 4 is 12.3 Å². The molecule has 6 nitrogen and oxygen atoms in total. The summed E-state index contributed by atoms with van der Waals surface area (Å²) in [5.74, 6) is 1.78. The first-order valence-corrected chi connectivity index (χ1v) is 13.9. The second kappa shape index (κ2) is 12.7. The van der Waals surface area contributed by atoms with Crippen LogP contribution >= 0.6 is 0 Å². The highest BCUT2D eigenvalue weighted by atomic mass is 15.0. The lowest BCUT2D eigenvalue weighted by Gasteiger charge is -2.11. The molecule has 0 aliphatic carbocycles. The van der Waals surface area contributed by atoms with Gasteiger partial charge in [0, 0.05) is 47.7 Å². The quantitative estimate of drug-likeness (QED) is 0.139. The predicted octanol–water partition coefficient (Wildman–Crippen LogP) is 8.61. The van der Waals surface area contributed by atoms with Crippen LogP contribution < -0.4 is 0 Å². The lowest BCUT2D eigenvalue weighted by Crippen LogP contribution is -2.01. The fraction of sp³-hybridized carbons (Fsp3) is 0.0270. The zero-order valence-electron chi connectivity index (χ0n) is 23.7. The fourth-order valence-electron chi connectivity index (χ4n) is 4.86. The van der Waals surface area contributed by atoms with Crippen LogP contribution in [0.2, 0.25) is 0 Å². The SMILES string of the molecule is C=N/C=C\C(=C/C)c1cccc(-c2nc(-c3cccc(-c4ccncc4)c3)nc(-c3cccc(-c4ccncc4)c3)n2)c1. The third kappa shape index (κ3) is 6.24. The first-order valence-electron chi connectivity index (χ1n) is 13.9. The molecular formula is C37H28N6. The lowest BCUT2D eigenvalue weighted by molar-refractivity contribution is 1.07. The molecule has 3 heterocycles. The molecule has 0 aliphatic heterocycles. The minimum atomic E-state index is 0.590. The zero-order chi connectivity index (χ0) is 29.4. The number of hydrogen-bond donors (Lipinski definition) is 0. The first kappa shape index (κ1) is 27.3. The number of aromatic nitrogens is 5. The fourth-order valence-corrected chi connectivity index (χ4v) is 4.86. The van der Waals surface area contributed by atoms with Crippen LogP contribution in [0.3, 0.4) is 0 Å². The van der Waals surface area contributed by atoms with E-state index < -0.39 is 0 Å². The van der Waals surface area contributed by atoms with Gasteiger partial charge in [-0.15, -0.1) is 0 Å². The standard InChI is InChI=1S/C37H28N6/c1-3-26(13-18-38-2)29-7-4-10-32(23-29)35-41-36(33-11-5-8-30(24-33)27-14-19-39-20-15-27)43-37(42-35)34-12-6-9-31(25-34)28-16-21-40-22-17-28/h3-25H,2H2,1H3/b18-13-,26-3+. The molecule has 0 atom stereocenters. The molecule has 6 heteroatoms. The summed E-state index contributed by atoms with van der Waals surface area (Å²) in [5, 5.41) is 0. The number of hydrogen-bond acceptors (Lipinski definition) is 6. The van der Waals surface area contributed by atoms with E-state index in [2.05, 4.69) is 58.1 Å². The average molecular weight is 557 g/mol. The van der Waals surface area contributed by atoms with Crippen molar-refractivity contribution < 1.29 is 0 Å². The number of benzene rings is 3. The highest BCUT2D eigenvalue weighted by Crippen LogP contribution is 2.30. The van der Waals surface area contributed by atoms with Gasteiger partial charge in [-0.05, 0) is 95.6 Å². The Morgan fingerprint density at radius 3 is 1.47 bits per heavy atom. The van der Waals surface area contributed by atoms with E-state index in [9.17, 15) is 0 Å². The van der Waals surface area contributed by atoms with E-state index in [0.717, 1.165) is 50.1 Å². The summed E-state index contributed by atoms with van der Waals surface area (Å²) >= 11 is 0. The number of rotatable bonds is 8. The molecule has 0 amide bonds. The van der Waals surface area contributed by atoms with Crippen molar-refractivity contribution in [2.75, 3.05) is 0 Å². The lowest BCUT2D eigenvalue weighted by atomic mass is 10.0. The Labute approximate surface area is 251 Å². The van der Waals surface area contributed by atoms with Crippen molar-refractivity contribution in [1.29, 1.82) is 0 Å². The summed E-state index contributed by atoms with van der Waals surface area (Å²) in [6.45, 7) is 5.56. The highest BCUT2D eigenvalue weighted by molar-refractivity contribution is 5.78. The summed E-state index contributed by atoms with van der Waals surface area (Å²) < 4.78 is 0. The normalized spacial score (nSPS) is 11.5. The molecular weight excluding hydrogens is 528 g/mol. The molecule has 0 radical (unpaired) electrons.